The number of halogens is 1. The van der Waals surface area contributed by atoms with Gasteiger partial charge in [0.1, 0.15) is 17.0 Å². The van der Waals surface area contributed by atoms with Gasteiger partial charge in [0.05, 0.1) is 17.7 Å². The number of Topliss-reactive ketones (excluding diaryl/α,β-unsaturated/α-hetero) is 1. The zero-order valence-electron chi connectivity index (χ0n) is 25.4. The second kappa shape index (κ2) is 10.1. The number of sulfonamides is 1. The van der Waals surface area contributed by atoms with E-state index in [1.54, 1.807) is 16.4 Å². The van der Waals surface area contributed by atoms with Crippen LogP contribution in [0.15, 0.2) is 17.1 Å². The van der Waals surface area contributed by atoms with E-state index in [9.17, 15) is 22.8 Å². The molecule has 3 heterocycles. The van der Waals surface area contributed by atoms with Gasteiger partial charge >= 0.3 is 5.97 Å². The van der Waals surface area contributed by atoms with Crippen molar-refractivity contribution in [3.63, 3.8) is 0 Å². The molecule has 2 bridgehead atoms. The zero-order valence-corrected chi connectivity index (χ0v) is 26.2. The molecule has 5 rings (SSSR count). The van der Waals surface area contributed by atoms with Crippen LogP contribution in [0.25, 0.3) is 11.0 Å². The number of hydrogen-bond donors (Lipinski definition) is 1. The molecular weight excluding hydrogens is 563 g/mol. The smallest absolute Gasteiger partial charge is 0.343 e. The summed E-state index contributed by atoms with van der Waals surface area (Å²) in [5, 5.41) is -0.0428. The Labute approximate surface area is 246 Å². The summed E-state index contributed by atoms with van der Waals surface area (Å²) in [5.74, 6) is -1.52. The largest absolute Gasteiger partial charge is 0.462 e. The topological polar surface area (TPSA) is 128 Å². The lowest BCUT2D eigenvalue weighted by molar-refractivity contribution is -0.128. The third-order valence-corrected chi connectivity index (χ3v) is 11.5. The van der Waals surface area contributed by atoms with Crippen molar-refractivity contribution in [2.75, 3.05) is 23.8 Å². The summed E-state index contributed by atoms with van der Waals surface area (Å²) in [6, 6.07) is 0.328. The molecular formula is C30H41FN4O6S. The number of anilines is 1. The van der Waals surface area contributed by atoms with E-state index in [-0.39, 0.29) is 64.5 Å². The highest BCUT2D eigenvalue weighted by atomic mass is 32.2. The van der Waals surface area contributed by atoms with E-state index in [0.717, 1.165) is 12.5 Å². The standard InChI is InChI=1S/C30H41FN4O6S/c1-8-41-27(38)21-15-35(28(3,4)5)25-20(24(21)37)13-22(31)26(32-25)34-14-19(11-17(34)2)33-42(39,40)16-30-10-9-18(12-23(30)36)29(30,6)7/h13,15,17-19,33H,8-12,14,16H2,1-7H3/t17-,18+,19+,30+/m1/s1. The predicted octanol–water partition coefficient (Wildman–Crippen LogP) is 3.75. The van der Waals surface area contributed by atoms with Gasteiger partial charge in [-0.3, -0.25) is 9.59 Å². The van der Waals surface area contributed by atoms with E-state index in [2.05, 4.69) is 9.71 Å². The molecule has 3 aliphatic rings. The Morgan fingerprint density at radius 2 is 1.95 bits per heavy atom. The summed E-state index contributed by atoms with van der Waals surface area (Å²) in [6.45, 7) is 13.4. The van der Waals surface area contributed by atoms with Crippen LogP contribution >= 0.6 is 0 Å². The second-order valence-electron chi connectivity index (χ2n) is 13.8. The molecule has 0 amide bonds. The molecule has 2 aromatic heterocycles. The molecule has 3 fully saturated rings. The van der Waals surface area contributed by atoms with Crippen molar-refractivity contribution in [3.05, 3.63) is 33.9 Å². The van der Waals surface area contributed by atoms with E-state index in [4.69, 9.17) is 4.74 Å². The Hall–Kier alpha value is -2.86. The fraction of sp³-hybridized carbons (Fsp3) is 0.667. The quantitative estimate of drug-likeness (QED) is 0.474. The summed E-state index contributed by atoms with van der Waals surface area (Å²) in [5.41, 5.74) is -2.52. The van der Waals surface area contributed by atoms with Gasteiger partial charge in [-0.25, -0.2) is 27.3 Å². The Kier molecular flexibility index (Phi) is 7.36. The number of ketones is 1. The first-order chi connectivity index (χ1) is 19.4. The van der Waals surface area contributed by atoms with Crippen molar-refractivity contribution in [2.45, 2.75) is 91.8 Å². The van der Waals surface area contributed by atoms with Crippen LogP contribution in [-0.2, 0) is 25.1 Å². The Balaban J connectivity index is 1.45. The van der Waals surface area contributed by atoms with Crippen LogP contribution in [-0.4, -0.2) is 60.7 Å². The van der Waals surface area contributed by atoms with E-state index < -0.39 is 44.2 Å². The van der Waals surface area contributed by atoms with Crippen LogP contribution in [0, 0.1) is 22.6 Å². The maximum Gasteiger partial charge on any atom is 0.343 e. The Morgan fingerprint density at radius 1 is 1.26 bits per heavy atom. The van der Waals surface area contributed by atoms with Crippen molar-refractivity contribution < 1.29 is 27.1 Å². The van der Waals surface area contributed by atoms with Gasteiger partial charge in [0.2, 0.25) is 15.5 Å². The van der Waals surface area contributed by atoms with Crippen LogP contribution in [0.4, 0.5) is 10.2 Å². The molecule has 4 atom stereocenters. The van der Waals surface area contributed by atoms with Gasteiger partial charge in [0, 0.05) is 42.2 Å². The fourth-order valence-electron chi connectivity index (χ4n) is 7.42. The summed E-state index contributed by atoms with van der Waals surface area (Å²) >= 11 is 0. The maximum absolute atomic E-state index is 15.7. The third-order valence-electron chi connectivity index (χ3n) is 9.90. The monoisotopic (exact) mass is 604 g/mol. The highest BCUT2D eigenvalue weighted by Crippen LogP contribution is 2.64. The van der Waals surface area contributed by atoms with E-state index in [0.29, 0.717) is 19.3 Å². The van der Waals surface area contributed by atoms with Crippen molar-refractivity contribution >= 4 is 38.6 Å². The molecule has 2 aliphatic carbocycles. The number of fused-ring (bicyclic) bond motifs is 3. The lowest BCUT2D eigenvalue weighted by Gasteiger charge is -2.36. The first kappa shape index (κ1) is 30.6. The number of rotatable bonds is 7. The highest BCUT2D eigenvalue weighted by molar-refractivity contribution is 7.89. The van der Waals surface area contributed by atoms with Gasteiger partial charge in [-0.1, -0.05) is 13.8 Å². The van der Waals surface area contributed by atoms with Gasteiger partial charge in [-0.05, 0) is 71.3 Å². The van der Waals surface area contributed by atoms with Gasteiger partial charge < -0.3 is 14.2 Å². The zero-order chi connectivity index (χ0) is 31.0. The van der Waals surface area contributed by atoms with Crippen LogP contribution in [0.1, 0.15) is 84.5 Å². The maximum atomic E-state index is 15.7. The van der Waals surface area contributed by atoms with Gasteiger partial charge in [-0.2, -0.15) is 0 Å². The van der Waals surface area contributed by atoms with Crippen LogP contribution in [0.2, 0.25) is 0 Å². The summed E-state index contributed by atoms with van der Waals surface area (Å²) in [4.78, 5) is 45.0. The fourth-order valence-corrected chi connectivity index (χ4v) is 9.51. The number of carbonyl (C=O) groups excluding carboxylic acids is 2. The van der Waals surface area contributed by atoms with E-state index in [1.165, 1.54) is 6.20 Å². The van der Waals surface area contributed by atoms with Crippen LogP contribution in [0.3, 0.4) is 0 Å². The Bertz CT molecular complexity index is 1630. The molecule has 2 saturated carbocycles. The van der Waals surface area contributed by atoms with Gasteiger partial charge in [0.15, 0.2) is 11.6 Å². The predicted molar refractivity (Wildman–Crippen MR) is 158 cm³/mol. The van der Waals surface area contributed by atoms with Crippen molar-refractivity contribution in [2.24, 2.45) is 16.7 Å². The minimum Gasteiger partial charge on any atom is -0.462 e. The molecule has 0 unspecified atom stereocenters. The van der Waals surface area contributed by atoms with Gasteiger partial charge in [-0.15, -0.1) is 0 Å². The van der Waals surface area contributed by atoms with E-state index >= 15 is 4.39 Å². The molecule has 42 heavy (non-hydrogen) atoms. The number of aromatic nitrogens is 2. The van der Waals surface area contributed by atoms with Crippen LogP contribution in [0.5, 0.6) is 0 Å². The SMILES string of the molecule is CCOC(=O)c1cn(C(C)(C)C)c2nc(N3C[C@@H](NS(=O)(=O)C[C@@]45CC[C@@H](CC4=O)C5(C)C)C[C@H]3C)c(F)cc2c1=O. The minimum absolute atomic E-state index is 0.00214. The minimum atomic E-state index is -3.82. The molecule has 10 nitrogen and oxygen atoms in total. The lowest BCUT2D eigenvalue weighted by atomic mass is 9.70. The van der Waals surface area contributed by atoms with Crippen molar-refractivity contribution in [1.82, 2.24) is 14.3 Å². The highest BCUT2D eigenvalue weighted by Gasteiger charge is 2.65. The number of nitrogens with one attached hydrogen (secondary N) is 1. The summed E-state index contributed by atoms with van der Waals surface area (Å²) in [7, 11) is -3.82. The Morgan fingerprint density at radius 3 is 2.52 bits per heavy atom. The molecule has 2 aromatic rings. The number of pyridine rings is 2. The average Bonchev–Trinajstić information content (AvgIpc) is 3.40. The lowest BCUT2D eigenvalue weighted by Crippen LogP contribution is -2.48. The molecule has 1 N–H and O–H groups in total. The third kappa shape index (κ3) is 4.84. The average molecular weight is 605 g/mol. The molecule has 0 radical (unpaired) electrons. The number of esters is 1. The normalized spacial score (nSPS) is 27.3. The van der Waals surface area contributed by atoms with Gasteiger partial charge in [0.25, 0.3) is 0 Å². The second-order valence-corrected chi connectivity index (χ2v) is 15.5. The van der Waals surface area contributed by atoms with E-state index in [1.807, 2.05) is 41.5 Å². The first-order valence-corrected chi connectivity index (χ1v) is 16.3. The molecule has 0 spiro atoms. The number of carbonyl (C=O) groups is 2. The first-order valence-electron chi connectivity index (χ1n) is 14.7. The number of hydrogen-bond acceptors (Lipinski definition) is 8. The van der Waals surface area contributed by atoms with Crippen LogP contribution < -0.4 is 15.1 Å². The summed E-state index contributed by atoms with van der Waals surface area (Å²) in [6.07, 6.45) is 3.69. The van der Waals surface area contributed by atoms with Crippen molar-refractivity contribution in [1.29, 1.82) is 0 Å². The molecule has 0 aromatic carbocycles. The molecule has 1 aliphatic heterocycles. The molecule has 12 heteroatoms. The number of ether oxygens (including phenoxy) is 1. The summed E-state index contributed by atoms with van der Waals surface area (Å²) < 4.78 is 52.0. The molecule has 1 saturated heterocycles. The van der Waals surface area contributed by atoms with Crippen molar-refractivity contribution in [3.8, 4) is 0 Å². The molecule has 230 valence electrons. The number of nitrogens with zero attached hydrogens (tertiary/aromatic N) is 3.